The molecule has 5 rings (SSSR count). The Kier molecular flexibility index (Phi) is 4.83. The molecule has 1 aliphatic heterocycles. The topological polar surface area (TPSA) is 104 Å². The van der Waals surface area contributed by atoms with Crippen molar-refractivity contribution < 1.29 is 9.47 Å². The zero-order chi connectivity index (χ0) is 21.4. The van der Waals surface area contributed by atoms with Crippen LogP contribution in [0.3, 0.4) is 0 Å². The Labute approximate surface area is 180 Å². The van der Waals surface area contributed by atoms with Crippen molar-refractivity contribution in [2.75, 3.05) is 49.8 Å². The maximum absolute atomic E-state index is 6.29. The van der Waals surface area contributed by atoms with E-state index in [1.165, 1.54) is 5.69 Å². The Morgan fingerprint density at radius 2 is 1.68 bits per heavy atom. The molecule has 1 saturated heterocycles. The van der Waals surface area contributed by atoms with Crippen LogP contribution in [-0.4, -0.2) is 47.9 Å². The monoisotopic (exact) mass is 416 g/mol. The molecule has 1 fully saturated rings. The molecule has 0 bridgehead atoms. The molecule has 0 saturated carbocycles. The van der Waals surface area contributed by atoms with Gasteiger partial charge in [-0.2, -0.15) is 0 Å². The molecule has 2 aromatic heterocycles. The summed E-state index contributed by atoms with van der Waals surface area (Å²) in [4.78, 5) is 11.1. The minimum absolute atomic E-state index is 0.416. The molecule has 4 aromatic rings. The van der Waals surface area contributed by atoms with E-state index in [1.54, 1.807) is 13.3 Å². The summed E-state index contributed by atoms with van der Waals surface area (Å²) in [7, 11) is 1.55. The highest BCUT2D eigenvalue weighted by Gasteiger charge is 2.14. The third-order valence-corrected chi connectivity index (χ3v) is 5.57. The summed E-state index contributed by atoms with van der Waals surface area (Å²) in [6, 6.07) is 16.2. The molecule has 0 spiro atoms. The van der Waals surface area contributed by atoms with E-state index >= 15 is 0 Å². The summed E-state index contributed by atoms with van der Waals surface area (Å²) in [5, 5.41) is 0. The predicted octanol–water partition coefficient (Wildman–Crippen LogP) is 3.10. The molecule has 0 atom stereocenters. The molecule has 0 radical (unpaired) electrons. The highest BCUT2D eigenvalue weighted by Crippen LogP contribution is 2.31. The summed E-state index contributed by atoms with van der Waals surface area (Å²) in [5.41, 5.74) is 18.6. The Morgan fingerprint density at radius 3 is 2.39 bits per heavy atom. The fourth-order valence-corrected chi connectivity index (χ4v) is 3.98. The molecular formula is C23H24N6O2. The molecule has 158 valence electrons. The third kappa shape index (κ3) is 3.51. The Balaban J connectivity index is 1.53. The van der Waals surface area contributed by atoms with Crippen molar-refractivity contribution in [1.29, 1.82) is 0 Å². The Bertz CT molecular complexity index is 1230. The number of nitrogens with zero attached hydrogens (tertiary/aromatic N) is 4. The zero-order valence-electron chi connectivity index (χ0n) is 17.3. The lowest BCUT2D eigenvalue weighted by Gasteiger charge is -2.29. The van der Waals surface area contributed by atoms with Gasteiger partial charge in [-0.25, -0.2) is 9.97 Å². The van der Waals surface area contributed by atoms with Gasteiger partial charge in [0.05, 0.1) is 37.0 Å². The molecule has 0 amide bonds. The van der Waals surface area contributed by atoms with Crippen LogP contribution in [0, 0.1) is 0 Å². The molecule has 8 nitrogen and oxygen atoms in total. The normalized spacial score (nSPS) is 14.2. The predicted molar refractivity (Wildman–Crippen MR) is 123 cm³/mol. The van der Waals surface area contributed by atoms with Crippen LogP contribution in [0.1, 0.15) is 0 Å². The van der Waals surface area contributed by atoms with Gasteiger partial charge in [0.1, 0.15) is 0 Å². The van der Waals surface area contributed by atoms with E-state index in [1.807, 2.05) is 22.8 Å². The summed E-state index contributed by atoms with van der Waals surface area (Å²) < 4.78 is 12.6. The standard InChI is InChI=1S/C23H24N6O2/c1-30-22-19(24)12-16(14-26-22)15-2-7-20-21(13-15)29(23(25)27-20)18-5-3-17(4-6-18)28-8-10-31-11-9-28/h2-7,12-14H,8-11,24H2,1H3,(H2,25,27). The van der Waals surface area contributed by atoms with Crippen LogP contribution in [-0.2, 0) is 4.74 Å². The zero-order valence-corrected chi connectivity index (χ0v) is 17.3. The molecule has 8 heteroatoms. The molecule has 31 heavy (non-hydrogen) atoms. The van der Waals surface area contributed by atoms with E-state index in [2.05, 4.69) is 45.2 Å². The largest absolute Gasteiger partial charge is 0.480 e. The Morgan fingerprint density at radius 1 is 0.935 bits per heavy atom. The number of morpholine rings is 1. The van der Waals surface area contributed by atoms with Crippen LogP contribution in [0.25, 0.3) is 27.8 Å². The SMILES string of the molecule is COc1ncc(-c2ccc3nc(N)n(-c4ccc(N5CCOCC5)cc4)c3c2)cc1N. The second-order valence-electron chi connectivity index (χ2n) is 7.45. The summed E-state index contributed by atoms with van der Waals surface area (Å²) in [5.74, 6) is 0.859. The number of anilines is 3. The second kappa shape index (κ2) is 7.81. The molecule has 0 aliphatic carbocycles. The van der Waals surface area contributed by atoms with Crippen molar-refractivity contribution in [1.82, 2.24) is 14.5 Å². The van der Waals surface area contributed by atoms with Crippen LogP contribution in [0.15, 0.2) is 54.7 Å². The minimum Gasteiger partial charge on any atom is -0.480 e. The number of methoxy groups -OCH3 is 1. The summed E-state index contributed by atoms with van der Waals surface area (Å²) in [6.45, 7) is 3.32. The molecule has 1 aliphatic rings. The van der Waals surface area contributed by atoms with Gasteiger partial charge in [-0.15, -0.1) is 0 Å². The number of nitrogens with two attached hydrogens (primary N) is 2. The highest BCUT2D eigenvalue weighted by atomic mass is 16.5. The number of hydrogen-bond acceptors (Lipinski definition) is 7. The van der Waals surface area contributed by atoms with Gasteiger partial charge < -0.3 is 25.8 Å². The average Bonchev–Trinajstić information content (AvgIpc) is 3.14. The molecular weight excluding hydrogens is 392 g/mol. The van der Waals surface area contributed by atoms with Gasteiger partial charge in [-0.3, -0.25) is 4.57 Å². The lowest BCUT2D eigenvalue weighted by atomic mass is 10.1. The smallest absolute Gasteiger partial charge is 0.236 e. The fraction of sp³-hybridized carbons (Fsp3) is 0.217. The van der Waals surface area contributed by atoms with E-state index < -0.39 is 0 Å². The molecule has 4 N–H and O–H groups in total. The summed E-state index contributed by atoms with van der Waals surface area (Å²) in [6.07, 6.45) is 1.75. The van der Waals surface area contributed by atoms with Gasteiger partial charge >= 0.3 is 0 Å². The number of pyridine rings is 1. The fourth-order valence-electron chi connectivity index (χ4n) is 3.98. The maximum atomic E-state index is 6.29. The van der Waals surface area contributed by atoms with Gasteiger partial charge in [0.15, 0.2) is 0 Å². The van der Waals surface area contributed by atoms with E-state index in [9.17, 15) is 0 Å². The highest BCUT2D eigenvalue weighted by molar-refractivity contribution is 5.86. The van der Waals surface area contributed by atoms with E-state index in [0.29, 0.717) is 17.5 Å². The summed E-state index contributed by atoms with van der Waals surface area (Å²) >= 11 is 0. The number of hydrogen-bond donors (Lipinski definition) is 2. The van der Waals surface area contributed by atoms with Crippen molar-refractivity contribution in [3.63, 3.8) is 0 Å². The van der Waals surface area contributed by atoms with Crippen molar-refractivity contribution in [3.8, 4) is 22.7 Å². The average molecular weight is 416 g/mol. The van der Waals surface area contributed by atoms with Crippen molar-refractivity contribution >= 4 is 28.4 Å². The number of nitrogen functional groups attached to an aromatic ring is 2. The maximum Gasteiger partial charge on any atom is 0.236 e. The van der Waals surface area contributed by atoms with Crippen LogP contribution in [0.5, 0.6) is 5.88 Å². The third-order valence-electron chi connectivity index (χ3n) is 5.57. The van der Waals surface area contributed by atoms with Gasteiger partial charge in [0, 0.05) is 36.2 Å². The van der Waals surface area contributed by atoms with Gasteiger partial charge in [-0.1, -0.05) is 6.07 Å². The molecule has 0 unspecified atom stereocenters. The van der Waals surface area contributed by atoms with Crippen LogP contribution in [0.4, 0.5) is 17.3 Å². The van der Waals surface area contributed by atoms with E-state index in [-0.39, 0.29) is 0 Å². The van der Waals surface area contributed by atoms with Crippen LogP contribution in [0.2, 0.25) is 0 Å². The second-order valence-corrected chi connectivity index (χ2v) is 7.45. The van der Waals surface area contributed by atoms with Crippen LogP contribution >= 0.6 is 0 Å². The Hall–Kier alpha value is -3.78. The van der Waals surface area contributed by atoms with Gasteiger partial charge in [0.2, 0.25) is 11.8 Å². The first-order valence-corrected chi connectivity index (χ1v) is 10.1. The first-order valence-electron chi connectivity index (χ1n) is 10.1. The number of benzene rings is 2. The van der Waals surface area contributed by atoms with E-state index in [0.717, 1.165) is 54.2 Å². The minimum atomic E-state index is 0.416. The van der Waals surface area contributed by atoms with Gasteiger partial charge in [0.25, 0.3) is 0 Å². The number of rotatable bonds is 4. The van der Waals surface area contributed by atoms with Crippen molar-refractivity contribution in [2.24, 2.45) is 0 Å². The quantitative estimate of drug-likeness (QED) is 0.527. The lowest BCUT2D eigenvalue weighted by Crippen LogP contribution is -2.36. The number of imidazole rings is 1. The van der Waals surface area contributed by atoms with Crippen molar-refractivity contribution in [3.05, 3.63) is 54.7 Å². The molecule has 3 heterocycles. The number of ether oxygens (including phenoxy) is 2. The van der Waals surface area contributed by atoms with E-state index in [4.69, 9.17) is 20.9 Å². The number of aromatic nitrogens is 3. The van der Waals surface area contributed by atoms with Crippen LogP contribution < -0.4 is 21.1 Å². The number of fused-ring (bicyclic) bond motifs is 1. The van der Waals surface area contributed by atoms with Crippen molar-refractivity contribution in [2.45, 2.75) is 0 Å². The molecule has 2 aromatic carbocycles. The first kappa shape index (κ1) is 19.2. The first-order chi connectivity index (χ1) is 15.1. The van der Waals surface area contributed by atoms with Gasteiger partial charge in [-0.05, 0) is 48.0 Å². The lowest BCUT2D eigenvalue weighted by molar-refractivity contribution is 0.122.